The van der Waals surface area contributed by atoms with Gasteiger partial charge in [0.15, 0.2) is 5.82 Å². The molecule has 0 fully saturated rings. The molecule has 0 atom stereocenters. The van der Waals surface area contributed by atoms with Gasteiger partial charge in [0.05, 0.1) is 15.7 Å². The molecule has 1 N–H and O–H groups in total. The molecule has 17 heavy (non-hydrogen) atoms. The molecular formula is C12H15BrFN3. The van der Waals surface area contributed by atoms with Crippen LogP contribution in [0.2, 0.25) is 0 Å². The molecule has 0 radical (unpaired) electrons. The summed E-state index contributed by atoms with van der Waals surface area (Å²) in [5.74, 6) is -0.379. The number of halogens is 2. The molecule has 0 amide bonds. The number of nitrogens with one attached hydrogen (secondary N) is 1. The normalized spacial score (nSPS) is 10.1. The lowest BCUT2D eigenvalue weighted by Gasteiger charge is -2.20. The van der Waals surface area contributed by atoms with Gasteiger partial charge < -0.3 is 10.2 Å². The maximum absolute atomic E-state index is 14.0. The molecule has 0 heterocycles. The van der Waals surface area contributed by atoms with Gasteiger partial charge in [-0.25, -0.2) is 4.39 Å². The van der Waals surface area contributed by atoms with Crippen molar-refractivity contribution in [3.05, 3.63) is 28.0 Å². The molecule has 0 saturated carbocycles. The smallest absolute Gasteiger partial charge is 0.161 e. The highest BCUT2D eigenvalue weighted by molar-refractivity contribution is 9.10. The molecule has 5 heteroatoms. The summed E-state index contributed by atoms with van der Waals surface area (Å²) >= 11 is 3.10. The van der Waals surface area contributed by atoms with Gasteiger partial charge in [0.25, 0.3) is 0 Å². The molecule has 0 aliphatic rings. The molecular weight excluding hydrogens is 285 g/mol. The second-order valence-corrected chi connectivity index (χ2v) is 4.54. The SMILES string of the molecule is CNCCCN(C)c1ccc(C#N)c(Br)c1F. The minimum Gasteiger partial charge on any atom is -0.372 e. The van der Waals surface area contributed by atoms with Crippen molar-refractivity contribution >= 4 is 21.6 Å². The lowest BCUT2D eigenvalue weighted by atomic mass is 10.2. The van der Waals surface area contributed by atoms with Gasteiger partial charge in [0.1, 0.15) is 6.07 Å². The summed E-state index contributed by atoms with van der Waals surface area (Å²) in [6, 6.07) is 5.20. The van der Waals surface area contributed by atoms with Crippen molar-refractivity contribution in [3.63, 3.8) is 0 Å². The molecule has 0 saturated heterocycles. The number of hydrogen-bond donors (Lipinski definition) is 1. The van der Waals surface area contributed by atoms with Crippen LogP contribution in [0.4, 0.5) is 10.1 Å². The van der Waals surface area contributed by atoms with Crippen molar-refractivity contribution in [1.29, 1.82) is 5.26 Å². The monoisotopic (exact) mass is 299 g/mol. The Hall–Kier alpha value is -1.12. The first-order valence-corrected chi connectivity index (χ1v) is 6.15. The van der Waals surface area contributed by atoms with Crippen LogP contribution in [0.3, 0.4) is 0 Å². The maximum atomic E-state index is 14.0. The molecule has 0 aromatic heterocycles. The van der Waals surface area contributed by atoms with Gasteiger partial charge in [-0.15, -0.1) is 0 Å². The maximum Gasteiger partial charge on any atom is 0.161 e. The second-order valence-electron chi connectivity index (χ2n) is 3.75. The Morgan fingerprint density at radius 1 is 1.53 bits per heavy atom. The average molecular weight is 300 g/mol. The van der Waals surface area contributed by atoms with E-state index in [-0.39, 0.29) is 10.3 Å². The van der Waals surface area contributed by atoms with Crippen LogP contribution in [-0.2, 0) is 0 Å². The summed E-state index contributed by atoms with van der Waals surface area (Å²) in [6.45, 7) is 1.65. The van der Waals surface area contributed by atoms with E-state index in [4.69, 9.17) is 5.26 Å². The fourth-order valence-corrected chi connectivity index (χ4v) is 1.96. The van der Waals surface area contributed by atoms with E-state index in [2.05, 4.69) is 21.2 Å². The first-order valence-electron chi connectivity index (χ1n) is 5.35. The van der Waals surface area contributed by atoms with Gasteiger partial charge in [-0.1, -0.05) is 0 Å². The summed E-state index contributed by atoms with van der Waals surface area (Å²) in [5, 5.41) is 11.8. The van der Waals surface area contributed by atoms with Crippen molar-refractivity contribution in [2.45, 2.75) is 6.42 Å². The highest BCUT2D eigenvalue weighted by Gasteiger charge is 2.13. The Kier molecular flexibility index (Phi) is 5.39. The number of benzene rings is 1. The van der Waals surface area contributed by atoms with E-state index in [1.807, 2.05) is 25.1 Å². The summed E-state index contributed by atoms with van der Waals surface area (Å²) in [7, 11) is 3.73. The predicted octanol–water partition coefficient (Wildman–Crippen LogP) is 2.51. The number of anilines is 1. The van der Waals surface area contributed by atoms with Gasteiger partial charge >= 0.3 is 0 Å². The second kappa shape index (κ2) is 6.58. The molecule has 1 rings (SSSR count). The van der Waals surface area contributed by atoms with Crippen LogP contribution in [0.5, 0.6) is 0 Å². The first-order chi connectivity index (χ1) is 8.11. The molecule has 0 unspecified atom stereocenters. The highest BCUT2D eigenvalue weighted by Crippen LogP contribution is 2.28. The Labute approximate surface area is 109 Å². The van der Waals surface area contributed by atoms with E-state index in [1.54, 1.807) is 12.1 Å². The molecule has 1 aromatic rings. The zero-order valence-corrected chi connectivity index (χ0v) is 11.5. The largest absolute Gasteiger partial charge is 0.372 e. The van der Waals surface area contributed by atoms with E-state index in [1.165, 1.54) is 0 Å². The van der Waals surface area contributed by atoms with Gasteiger partial charge in [-0.2, -0.15) is 5.26 Å². The van der Waals surface area contributed by atoms with Crippen molar-refractivity contribution in [3.8, 4) is 6.07 Å². The molecule has 0 spiro atoms. The summed E-state index contributed by atoms with van der Waals surface area (Å²) < 4.78 is 14.2. The topological polar surface area (TPSA) is 39.1 Å². The first kappa shape index (κ1) is 13.9. The van der Waals surface area contributed by atoms with E-state index >= 15 is 0 Å². The Balaban J connectivity index is 2.85. The van der Waals surface area contributed by atoms with Gasteiger partial charge in [-0.3, -0.25) is 0 Å². The van der Waals surface area contributed by atoms with E-state index in [0.717, 1.165) is 19.5 Å². The quantitative estimate of drug-likeness (QED) is 0.849. The van der Waals surface area contributed by atoms with Crippen molar-refractivity contribution < 1.29 is 4.39 Å². The summed E-state index contributed by atoms with van der Waals surface area (Å²) in [4.78, 5) is 1.85. The molecule has 0 bridgehead atoms. The van der Waals surface area contributed by atoms with Crippen LogP contribution in [0.1, 0.15) is 12.0 Å². The standard InChI is InChI=1S/C12H15BrFN3/c1-16-6-3-7-17(2)10-5-4-9(8-15)11(13)12(10)14/h4-5,16H,3,6-7H2,1-2H3. The van der Waals surface area contributed by atoms with E-state index < -0.39 is 0 Å². The van der Waals surface area contributed by atoms with Crippen molar-refractivity contribution in [1.82, 2.24) is 5.32 Å². The molecule has 1 aromatic carbocycles. The van der Waals surface area contributed by atoms with Crippen LogP contribution >= 0.6 is 15.9 Å². The van der Waals surface area contributed by atoms with E-state index in [9.17, 15) is 4.39 Å². The fraction of sp³-hybridized carbons (Fsp3) is 0.417. The molecule has 3 nitrogen and oxygen atoms in total. The highest BCUT2D eigenvalue weighted by atomic mass is 79.9. The Bertz CT molecular complexity index is 428. The molecule has 0 aliphatic carbocycles. The third-order valence-corrected chi connectivity index (χ3v) is 3.29. The van der Waals surface area contributed by atoms with Crippen LogP contribution in [0, 0.1) is 17.1 Å². The van der Waals surface area contributed by atoms with Gasteiger partial charge in [-0.05, 0) is 48.1 Å². The lowest BCUT2D eigenvalue weighted by molar-refractivity contribution is 0.611. The third kappa shape index (κ3) is 3.42. The number of rotatable bonds is 5. The number of nitriles is 1. The predicted molar refractivity (Wildman–Crippen MR) is 70.6 cm³/mol. The lowest BCUT2D eigenvalue weighted by Crippen LogP contribution is -2.23. The van der Waals surface area contributed by atoms with Crippen molar-refractivity contribution in [2.75, 3.05) is 32.1 Å². The zero-order valence-electron chi connectivity index (χ0n) is 9.93. The van der Waals surface area contributed by atoms with Crippen LogP contribution in [0.25, 0.3) is 0 Å². The van der Waals surface area contributed by atoms with E-state index in [0.29, 0.717) is 11.3 Å². The minimum atomic E-state index is -0.379. The molecule has 0 aliphatic heterocycles. The van der Waals surface area contributed by atoms with Gasteiger partial charge in [0.2, 0.25) is 0 Å². The third-order valence-electron chi connectivity index (χ3n) is 2.51. The fourth-order valence-electron chi connectivity index (χ4n) is 1.53. The number of hydrogen-bond acceptors (Lipinski definition) is 3. The Morgan fingerprint density at radius 3 is 2.82 bits per heavy atom. The average Bonchev–Trinajstić information content (AvgIpc) is 2.32. The minimum absolute atomic E-state index is 0.234. The molecule has 92 valence electrons. The summed E-state index contributed by atoms with van der Waals surface area (Å²) in [6.07, 6.45) is 0.935. The van der Waals surface area contributed by atoms with Gasteiger partial charge in [0, 0.05) is 13.6 Å². The summed E-state index contributed by atoms with van der Waals surface area (Å²) in [5.41, 5.74) is 0.821. The Morgan fingerprint density at radius 2 is 2.24 bits per heavy atom. The van der Waals surface area contributed by atoms with Crippen LogP contribution < -0.4 is 10.2 Å². The van der Waals surface area contributed by atoms with Crippen LogP contribution in [-0.4, -0.2) is 27.2 Å². The van der Waals surface area contributed by atoms with Crippen LogP contribution in [0.15, 0.2) is 16.6 Å². The number of nitrogens with zero attached hydrogens (tertiary/aromatic N) is 2. The van der Waals surface area contributed by atoms with Crippen molar-refractivity contribution in [2.24, 2.45) is 0 Å². The zero-order chi connectivity index (χ0) is 12.8.